The number of hydrogen-bond acceptors (Lipinski definition) is 5. The fourth-order valence-electron chi connectivity index (χ4n) is 4.33. The van der Waals surface area contributed by atoms with Crippen molar-refractivity contribution in [3.63, 3.8) is 0 Å². The second-order valence-electron chi connectivity index (χ2n) is 11.7. The third kappa shape index (κ3) is 10.4. The van der Waals surface area contributed by atoms with Gasteiger partial charge in [0.1, 0.15) is 12.4 Å². The molecular formula is C29H43F3O6Si. The molecule has 1 aliphatic rings. The van der Waals surface area contributed by atoms with Gasteiger partial charge in [-0.1, -0.05) is 51.1 Å². The lowest BCUT2D eigenvalue weighted by Crippen LogP contribution is -2.45. The van der Waals surface area contributed by atoms with Crippen LogP contribution in [0, 0.1) is 11.8 Å². The summed E-state index contributed by atoms with van der Waals surface area (Å²) in [6, 6.07) is 4.72. The van der Waals surface area contributed by atoms with Gasteiger partial charge in [-0.25, -0.2) is 0 Å². The molecule has 39 heavy (non-hydrogen) atoms. The predicted molar refractivity (Wildman–Crippen MR) is 147 cm³/mol. The molecule has 1 aromatic rings. The van der Waals surface area contributed by atoms with Crippen molar-refractivity contribution in [2.75, 3.05) is 6.61 Å². The van der Waals surface area contributed by atoms with E-state index in [1.165, 1.54) is 12.1 Å². The Morgan fingerprint density at radius 1 is 1.15 bits per heavy atom. The number of carboxylic acid groups (broad SMARTS) is 1. The van der Waals surface area contributed by atoms with Crippen molar-refractivity contribution in [1.29, 1.82) is 0 Å². The van der Waals surface area contributed by atoms with E-state index in [0.717, 1.165) is 12.1 Å². The van der Waals surface area contributed by atoms with Crippen LogP contribution < -0.4 is 4.74 Å². The van der Waals surface area contributed by atoms with Gasteiger partial charge in [-0.2, -0.15) is 13.2 Å². The minimum atomic E-state index is -4.48. The molecule has 10 heteroatoms. The minimum Gasteiger partial charge on any atom is -0.491 e. The highest BCUT2D eigenvalue weighted by Gasteiger charge is 2.41. The normalized spacial score (nSPS) is 23.5. The van der Waals surface area contributed by atoms with Crippen molar-refractivity contribution in [3.05, 3.63) is 54.1 Å². The summed E-state index contributed by atoms with van der Waals surface area (Å²) in [4.78, 5) is 10.7. The smallest absolute Gasteiger partial charge is 0.416 e. The summed E-state index contributed by atoms with van der Waals surface area (Å²) in [5, 5.41) is 29.8. The molecule has 0 amide bonds. The van der Waals surface area contributed by atoms with E-state index in [1.807, 2.05) is 18.2 Å². The van der Waals surface area contributed by atoms with Crippen molar-refractivity contribution < 1.29 is 42.4 Å². The van der Waals surface area contributed by atoms with Crippen LogP contribution in [0.3, 0.4) is 0 Å². The lowest BCUT2D eigenvalue weighted by molar-refractivity contribution is -0.138. The highest BCUT2D eigenvalue weighted by Crippen LogP contribution is 2.39. The van der Waals surface area contributed by atoms with Crippen LogP contribution in [0.1, 0.15) is 58.4 Å². The van der Waals surface area contributed by atoms with E-state index in [0.29, 0.717) is 19.3 Å². The van der Waals surface area contributed by atoms with E-state index in [4.69, 9.17) is 14.3 Å². The van der Waals surface area contributed by atoms with Crippen LogP contribution in [0.5, 0.6) is 5.75 Å². The molecule has 1 fully saturated rings. The molecule has 1 saturated carbocycles. The molecule has 220 valence electrons. The Hall–Kier alpha value is -2.14. The summed E-state index contributed by atoms with van der Waals surface area (Å²) >= 11 is 0. The minimum absolute atomic E-state index is 0.0101. The number of ether oxygens (including phenoxy) is 1. The number of halogens is 3. The molecule has 2 rings (SSSR count). The van der Waals surface area contributed by atoms with Gasteiger partial charge in [0.25, 0.3) is 0 Å². The van der Waals surface area contributed by atoms with Crippen molar-refractivity contribution in [2.24, 2.45) is 11.8 Å². The number of benzene rings is 1. The Kier molecular flexibility index (Phi) is 11.8. The van der Waals surface area contributed by atoms with Gasteiger partial charge >= 0.3 is 12.1 Å². The summed E-state index contributed by atoms with van der Waals surface area (Å²) in [6.07, 6.45) is 2.95. The standard InChI is InChI=1S/C29H43F3O6Si/c1-28(2,3)39(4,5)38-22(19-37-21-12-10-11-20(17-21)29(30,31)32)15-16-24-23(25(33)18-26(24)34)13-8-6-7-9-14-27(35)36/h6,8,10-12,15-17,22-26,33-34H,7,9,13-14,18-19H2,1-5H3,(H,35,36)/b8-6-,16-15+/t22-,23-,24-,25+,26-/m1/s1. The number of unbranched alkanes of at least 4 members (excludes halogenated alkanes) is 1. The maximum atomic E-state index is 13.1. The number of carbonyl (C=O) groups is 1. The first-order valence-electron chi connectivity index (χ1n) is 13.4. The molecule has 0 spiro atoms. The van der Waals surface area contributed by atoms with Gasteiger partial charge in [-0.3, -0.25) is 4.79 Å². The molecule has 0 aromatic heterocycles. The molecule has 0 saturated heterocycles. The Morgan fingerprint density at radius 3 is 2.46 bits per heavy atom. The van der Waals surface area contributed by atoms with Crippen LogP contribution in [0.25, 0.3) is 0 Å². The second-order valence-corrected chi connectivity index (χ2v) is 16.5. The Bertz CT molecular complexity index is 986. The SMILES string of the molecule is CC(C)(C)[Si](C)(C)O[C@H](/C=C/[C@@H]1[C@@H](C/C=C\CCCC(=O)O)[C@@H](O)C[C@H]1O)COc1cccc(C(F)(F)F)c1. The summed E-state index contributed by atoms with van der Waals surface area (Å²) < 4.78 is 51.7. The number of alkyl halides is 3. The van der Waals surface area contributed by atoms with E-state index in [-0.39, 0.29) is 42.1 Å². The van der Waals surface area contributed by atoms with Gasteiger partial charge in [0.05, 0.1) is 23.9 Å². The number of aliphatic carboxylic acids is 1. The van der Waals surface area contributed by atoms with Gasteiger partial charge in [-0.05, 0) is 61.5 Å². The zero-order valence-corrected chi connectivity index (χ0v) is 24.4. The third-order valence-electron chi connectivity index (χ3n) is 7.63. The quantitative estimate of drug-likeness (QED) is 0.140. The molecule has 0 radical (unpaired) electrons. The fourth-order valence-corrected chi connectivity index (χ4v) is 5.58. The van der Waals surface area contributed by atoms with E-state index in [9.17, 15) is 28.2 Å². The Labute approximate surface area is 230 Å². The molecule has 5 atom stereocenters. The van der Waals surface area contributed by atoms with Crippen LogP contribution in [-0.4, -0.2) is 54.5 Å². The number of hydrogen-bond donors (Lipinski definition) is 3. The number of aliphatic hydroxyl groups is 2. The van der Waals surface area contributed by atoms with Gasteiger partial charge in [0.15, 0.2) is 8.32 Å². The van der Waals surface area contributed by atoms with Gasteiger partial charge in [-0.15, -0.1) is 0 Å². The van der Waals surface area contributed by atoms with E-state index in [1.54, 1.807) is 6.08 Å². The lowest BCUT2D eigenvalue weighted by atomic mass is 9.89. The van der Waals surface area contributed by atoms with Crippen LogP contribution in [0.15, 0.2) is 48.6 Å². The first-order valence-corrected chi connectivity index (χ1v) is 16.3. The van der Waals surface area contributed by atoms with Crippen LogP contribution in [-0.2, 0) is 15.4 Å². The largest absolute Gasteiger partial charge is 0.491 e. The third-order valence-corrected chi connectivity index (χ3v) is 12.1. The maximum absolute atomic E-state index is 13.1. The highest BCUT2D eigenvalue weighted by atomic mass is 28.4. The zero-order chi connectivity index (χ0) is 29.4. The Morgan fingerprint density at radius 2 is 1.85 bits per heavy atom. The van der Waals surface area contributed by atoms with Crippen molar-refractivity contribution in [2.45, 2.75) is 95.5 Å². The van der Waals surface area contributed by atoms with Gasteiger partial charge < -0.3 is 24.5 Å². The molecule has 1 aromatic carbocycles. The number of rotatable bonds is 13. The lowest BCUT2D eigenvalue weighted by Gasteiger charge is -2.38. The second kappa shape index (κ2) is 14.0. The van der Waals surface area contributed by atoms with Crippen molar-refractivity contribution in [1.82, 2.24) is 0 Å². The predicted octanol–water partition coefficient (Wildman–Crippen LogP) is 6.59. The Balaban J connectivity index is 2.17. The van der Waals surface area contributed by atoms with Gasteiger partial charge in [0.2, 0.25) is 0 Å². The topological polar surface area (TPSA) is 96.2 Å². The molecular weight excluding hydrogens is 529 g/mol. The summed E-state index contributed by atoms with van der Waals surface area (Å²) in [6.45, 7) is 10.4. The molecule has 0 unspecified atom stereocenters. The molecule has 0 aliphatic heterocycles. The number of carboxylic acids is 1. The van der Waals surface area contributed by atoms with Crippen LogP contribution >= 0.6 is 0 Å². The number of aliphatic hydroxyl groups excluding tert-OH is 2. The average Bonchev–Trinajstić information content (AvgIpc) is 3.08. The van der Waals surface area contributed by atoms with Crippen LogP contribution in [0.2, 0.25) is 18.1 Å². The number of allylic oxidation sites excluding steroid dienone is 2. The monoisotopic (exact) mass is 572 g/mol. The van der Waals surface area contributed by atoms with Gasteiger partial charge in [0, 0.05) is 18.8 Å². The first-order chi connectivity index (χ1) is 18.0. The zero-order valence-electron chi connectivity index (χ0n) is 23.4. The van der Waals surface area contributed by atoms with Crippen molar-refractivity contribution in [3.8, 4) is 5.75 Å². The summed E-state index contributed by atoms with van der Waals surface area (Å²) in [7, 11) is -2.29. The first kappa shape index (κ1) is 33.1. The summed E-state index contributed by atoms with van der Waals surface area (Å²) in [5.74, 6) is -1.33. The van der Waals surface area contributed by atoms with E-state index >= 15 is 0 Å². The van der Waals surface area contributed by atoms with E-state index < -0.39 is 44.3 Å². The fraction of sp³-hybridized carbons (Fsp3) is 0.621. The molecule has 0 bridgehead atoms. The van der Waals surface area contributed by atoms with E-state index in [2.05, 4.69) is 33.9 Å². The average molecular weight is 573 g/mol. The highest BCUT2D eigenvalue weighted by molar-refractivity contribution is 6.74. The molecule has 1 aliphatic carbocycles. The summed E-state index contributed by atoms with van der Waals surface area (Å²) in [5.41, 5.74) is -0.792. The van der Waals surface area contributed by atoms with Crippen molar-refractivity contribution >= 4 is 14.3 Å². The molecule has 6 nitrogen and oxygen atoms in total. The molecule has 0 heterocycles. The maximum Gasteiger partial charge on any atom is 0.416 e. The van der Waals surface area contributed by atoms with Crippen LogP contribution in [0.4, 0.5) is 13.2 Å². The molecule has 3 N–H and O–H groups in total.